The summed E-state index contributed by atoms with van der Waals surface area (Å²) in [6.45, 7) is 1.93. The number of hydrogen-bond donors (Lipinski definition) is 2. The minimum absolute atomic E-state index is 0.215. The first-order valence-corrected chi connectivity index (χ1v) is 8.24. The van der Waals surface area contributed by atoms with Crippen molar-refractivity contribution in [2.45, 2.75) is 6.92 Å². The average molecular weight is 476 g/mol. The number of nitrogens with zero attached hydrogens (tertiary/aromatic N) is 1. The van der Waals surface area contributed by atoms with Crippen LogP contribution in [-0.4, -0.2) is 16.0 Å². The van der Waals surface area contributed by atoms with E-state index in [9.17, 15) is 4.79 Å². The summed E-state index contributed by atoms with van der Waals surface area (Å²) >= 11 is 10.7. The first kappa shape index (κ1) is 16.3. The van der Waals surface area contributed by atoms with Gasteiger partial charge in [-0.2, -0.15) is 0 Å². The summed E-state index contributed by atoms with van der Waals surface area (Å²) in [5.41, 5.74) is 1.48. The van der Waals surface area contributed by atoms with Crippen molar-refractivity contribution in [2.24, 2.45) is 0 Å². The summed E-state index contributed by atoms with van der Waals surface area (Å²) in [6.07, 6.45) is 1.73. The Hall–Kier alpha value is -1.06. The largest absolute Gasteiger partial charge is 0.317 e. The fraction of sp³-hybridized carbons (Fsp3) is 0.0714. The molecule has 1 amide bonds. The van der Waals surface area contributed by atoms with E-state index < -0.39 is 0 Å². The third-order valence-electron chi connectivity index (χ3n) is 2.62. The Bertz CT molecular complexity index is 708. The van der Waals surface area contributed by atoms with Gasteiger partial charge in [0.2, 0.25) is 0 Å². The fourth-order valence-corrected chi connectivity index (χ4v) is 2.89. The van der Waals surface area contributed by atoms with Crippen molar-refractivity contribution < 1.29 is 4.79 Å². The van der Waals surface area contributed by atoms with Crippen molar-refractivity contribution >= 4 is 67.6 Å². The molecule has 1 heterocycles. The van der Waals surface area contributed by atoms with E-state index in [4.69, 9.17) is 12.2 Å². The van der Waals surface area contributed by atoms with Gasteiger partial charge < -0.3 is 5.32 Å². The van der Waals surface area contributed by atoms with Gasteiger partial charge in [0.05, 0.1) is 5.56 Å². The van der Waals surface area contributed by atoms with Gasteiger partial charge in [0.25, 0.3) is 5.91 Å². The van der Waals surface area contributed by atoms with E-state index >= 15 is 0 Å². The van der Waals surface area contributed by atoms with Crippen LogP contribution in [0, 0.1) is 10.5 Å². The van der Waals surface area contributed by atoms with Crippen LogP contribution in [0.5, 0.6) is 0 Å². The normalized spacial score (nSPS) is 10.0. The van der Waals surface area contributed by atoms with Gasteiger partial charge in [-0.3, -0.25) is 10.1 Å². The second-order valence-electron chi connectivity index (χ2n) is 4.21. The van der Waals surface area contributed by atoms with E-state index in [-0.39, 0.29) is 11.0 Å². The molecule has 1 aromatic carbocycles. The van der Waals surface area contributed by atoms with E-state index in [1.54, 1.807) is 24.4 Å². The zero-order chi connectivity index (χ0) is 15.4. The lowest BCUT2D eigenvalue weighted by Gasteiger charge is -2.11. The van der Waals surface area contributed by atoms with Gasteiger partial charge in [-0.1, -0.05) is 12.1 Å². The van der Waals surface area contributed by atoms with Crippen molar-refractivity contribution in [3.63, 3.8) is 0 Å². The molecule has 0 aliphatic rings. The highest BCUT2D eigenvalue weighted by Crippen LogP contribution is 2.16. The lowest BCUT2D eigenvalue weighted by Crippen LogP contribution is -2.34. The molecule has 1 aromatic heterocycles. The highest BCUT2D eigenvalue weighted by Gasteiger charge is 2.11. The molecule has 2 aromatic rings. The third-order valence-corrected chi connectivity index (χ3v) is 4.11. The maximum atomic E-state index is 12.1. The molecule has 0 spiro atoms. The molecule has 4 nitrogen and oxygen atoms in total. The molecule has 0 radical (unpaired) electrons. The SMILES string of the molecule is Cc1cc(I)cnc1NC(=S)NC(=O)c1ccccc1Br. The molecule has 0 atom stereocenters. The molecule has 0 fully saturated rings. The number of nitrogens with one attached hydrogen (secondary N) is 2. The van der Waals surface area contributed by atoms with Crippen molar-refractivity contribution in [2.75, 3.05) is 5.32 Å². The lowest BCUT2D eigenvalue weighted by atomic mass is 10.2. The predicted molar refractivity (Wildman–Crippen MR) is 99.5 cm³/mol. The van der Waals surface area contributed by atoms with Crippen molar-refractivity contribution in [1.82, 2.24) is 10.3 Å². The number of benzene rings is 1. The number of aryl methyl sites for hydroxylation is 1. The second kappa shape index (κ2) is 7.28. The van der Waals surface area contributed by atoms with Crippen molar-refractivity contribution in [3.05, 3.63) is 55.7 Å². The van der Waals surface area contributed by atoms with Crippen LogP contribution >= 0.6 is 50.7 Å². The van der Waals surface area contributed by atoms with Crippen molar-refractivity contribution in [1.29, 1.82) is 0 Å². The molecule has 21 heavy (non-hydrogen) atoms. The molecule has 0 aliphatic carbocycles. The second-order valence-corrected chi connectivity index (χ2v) is 6.72. The summed E-state index contributed by atoms with van der Waals surface area (Å²) in [6, 6.07) is 9.14. The van der Waals surface area contributed by atoms with E-state index in [0.29, 0.717) is 15.9 Å². The predicted octanol–water partition coefficient (Wildman–Crippen LogP) is 3.88. The number of carbonyl (C=O) groups is 1. The number of amides is 1. The van der Waals surface area contributed by atoms with E-state index in [1.807, 2.05) is 19.1 Å². The molecular weight excluding hydrogens is 465 g/mol. The first-order chi connectivity index (χ1) is 9.97. The summed E-state index contributed by atoms with van der Waals surface area (Å²) < 4.78 is 1.76. The number of aromatic nitrogens is 1. The molecule has 0 saturated carbocycles. The standard InChI is InChI=1S/C14H11BrIN3OS/c1-8-6-9(16)7-17-12(8)18-14(21)19-13(20)10-4-2-3-5-11(10)15/h2-7H,1H3,(H2,17,18,19,20,21). The van der Waals surface area contributed by atoms with Gasteiger partial charge in [-0.25, -0.2) is 4.98 Å². The molecule has 0 bridgehead atoms. The average Bonchev–Trinajstić information content (AvgIpc) is 2.42. The number of halogens is 2. The lowest BCUT2D eigenvalue weighted by molar-refractivity contribution is 0.0977. The summed E-state index contributed by atoms with van der Waals surface area (Å²) in [5.74, 6) is 0.357. The van der Waals surface area contributed by atoms with Gasteiger partial charge in [-0.15, -0.1) is 0 Å². The number of thiocarbonyl (C=S) groups is 1. The minimum atomic E-state index is -0.275. The number of pyridine rings is 1. The molecule has 0 unspecified atom stereocenters. The molecule has 7 heteroatoms. The Morgan fingerprint density at radius 2 is 2.10 bits per heavy atom. The zero-order valence-corrected chi connectivity index (χ0v) is 15.5. The molecule has 2 N–H and O–H groups in total. The Balaban J connectivity index is 2.05. The van der Waals surface area contributed by atoms with Crippen LogP contribution in [0.25, 0.3) is 0 Å². The third kappa shape index (κ3) is 4.45. The highest BCUT2D eigenvalue weighted by molar-refractivity contribution is 14.1. The van der Waals surface area contributed by atoms with Crippen LogP contribution in [0.4, 0.5) is 5.82 Å². The maximum Gasteiger partial charge on any atom is 0.258 e. The molecule has 0 aliphatic heterocycles. The van der Waals surface area contributed by atoms with Crippen LogP contribution in [0.1, 0.15) is 15.9 Å². The Labute approximate surface area is 150 Å². The fourth-order valence-electron chi connectivity index (χ4n) is 1.63. The Morgan fingerprint density at radius 1 is 1.38 bits per heavy atom. The van der Waals surface area contributed by atoms with Gasteiger partial charge >= 0.3 is 0 Å². The van der Waals surface area contributed by atoms with Crippen molar-refractivity contribution in [3.8, 4) is 0 Å². The van der Waals surface area contributed by atoms with E-state index in [2.05, 4.69) is 54.1 Å². The zero-order valence-electron chi connectivity index (χ0n) is 11.0. The topological polar surface area (TPSA) is 54.0 Å². The van der Waals surface area contributed by atoms with Crippen LogP contribution in [0.3, 0.4) is 0 Å². The number of hydrogen-bond acceptors (Lipinski definition) is 3. The Morgan fingerprint density at radius 3 is 2.76 bits per heavy atom. The number of carbonyl (C=O) groups excluding carboxylic acids is 1. The van der Waals surface area contributed by atoms with Crippen LogP contribution in [0.15, 0.2) is 41.0 Å². The monoisotopic (exact) mass is 475 g/mol. The van der Waals surface area contributed by atoms with Gasteiger partial charge in [0.1, 0.15) is 5.82 Å². The van der Waals surface area contributed by atoms with Gasteiger partial charge in [0.15, 0.2) is 5.11 Å². The van der Waals surface area contributed by atoms with Crippen LogP contribution < -0.4 is 10.6 Å². The summed E-state index contributed by atoms with van der Waals surface area (Å²) in [5, 5.41) is 5.78. The smallest absolute Gasteiger partial charge is 0.258 e. The van der Waals surface area contributed by atoms with E-state index in [1.165, 1.54) is 0 Å². The molecule has 0 saturated heterocycles. The quantitative estimate of drug-likeness (QED) is 0.511. The molecular formula is C14H11BrIN3OS. The highest BCUT2D eigenvalue weighted by atomic mass is 127. The van der Waals surface area contributed by atoms with E-state index in [0.717, 1.165) is 9.13 Å². The van der Waals surface area contributed by atoms with Gasteiger partial charge in [-0.05, 0) is 81.4 Å². The van der Waals surface area contributed by atoms with Crippen LogP contribution in [0.2, 0.25) is 0 Å². The first-order valence-electron chi connectivity index (χ1n) is 5.96. The van der Waals surface area contributed by atoms with Crippen LogP contribution in [-0.2, 0) is 0 Å². The molecule has 2 rings (SSSR count). The van der Waals surface area contributed by atoms with Gasteiger partial charge in [0, 0.05) is 14.2 Å². The molecule has 108 valence electrons. The number of anilines is 1. The Kier molecular flexibility index (Phi) is 5.65. The maximum absolute atomic E-state index is 12.1. The number of rotatable bonds is 2. The minimum Gasteiger partial charge on any atom is -0.317 e. The summed E-state index contributed by atoms with van der Waals surface area (Å²) in [7, 11) is 0. The summed E-state index contributed by atoms with van der Waals surface area (Å²) in [4.78, 5) is 16.4.